The molecule has 9 heteroatoms. The lowest BCUT2D eigenvalue weighted by Crippen LogP contribution is -2.16. The number of thiophene rings is 1. The minimum absolute atomic E-state index is 0.0591. The standard InChI is InChI=1S/C17H17Cl2NO4S2/c1-2-24-17(21)15-13-5-3-4-6-14(13)25-16(15)20-26(22,23)12-8-10(18)7-11(19)9-12/h7-9,20H,2-6H2,1H3. The lowest BCUT2D eigenvalue weighted by atomic mass is 9.95. The summed E-state index contributed by atoms with van der Waals surface area (Å²) >= 11 is 13.1. The molecule has 1 aliphatic carbocycles. The van der Waals surface area contributed by atoms with Crippen molar-refractivity contribution < 1.29 is 17.9 Å². The fourth-order valence-electron chi connectivity index (χ4n) is 2.92. The Bertz CT molecular complexity index is 934. The quantitative estimate of drug-likeness (QED) is 0.679. The van der Waals surface area contributed by atoms with Crippen LogP contribution in [0.25, 0.3) is 0 Å². The van der Waals surface area contributed by atoms with Gasteiger partial charge in [-0.2, -0.15) is 0 Å². The molecule has 0 bridgehead atoms. The summed E-state index contributed by atoms with van der Waals surface area (Å²) in [6, 6.07) is 4.08. The Labute approximate surface area is 166 Å². The number of ether oxygens (including phenoxy) is 1. The molecule has 0 saturated heterocycles. The highest BCUT2D eigenvalue weighted by Crippen LogP contribution is 2.39. The van der Waals surface area contributed by atoms with E-state index in [1.807, 2.05) is 0 Å². The van der Waals surface area contributed by atoms with E-state index < -0.39 is 16.0 Å². The summed E-state index contributed by atoms with van der Waals surface area (Å²) in [5.74, 6) is -0.506. The summed E-state index contributed by atoms with van der Waals surface area (Å²) in [6.45, 7) is 1.94. The second-order valence-electron chi connectivity index (χ2n) is 5.85. The normalized spacial score (nSPS) is 14.0. The number of nitrogens with one attached hydrogen (secondary N) is 1. The van der Waals surface area contributed by atoms with Crippen molar-refractivity contribution in [2.75, 3.05) is 11.3 Å². The number of halogens is 2. The molecule has 1 aliphatic rings. The number of esters is 1. The molecule has 0 amide bonds. The van der Waals surface area contributed by atoms with Gasteiger partial charge in [0.15, 0.2) is 0 Å². The Morgan fingerprint density at radius 3 is 2.50 bits per heavy atom. The van der Waals surface area contributed by atoms with E-state index in [2.05, 4.69) is 4.72 Å². The predicted octanol–water partition coefficient (Wildman–Crippen LogP) is 4.91. The summed E-state index contributed by atoms with van der Waals surface area (Å²) < 4.78 is 33.2. The molecule has 0 aliphatic heterocycles. The van der Waals surface area contributed by atoms with Gasteiger partial charge in [0, 0.05) is 14.9 Å². The van der Waals surface area contributed by atoms with Crippen LogP contribution in [-0.2, 0) is 27.6 Å². The molecule has 2 aromatic rings. The number of carbonyl (C=O) groups is 1. The Balaban J connectivity index is 2.03. The molecule has 26 heavy (non-hydrogen) atoms. The van der Waals surface area contributed by atoms with Crippen LogP contribution in [0.15, 0.2) is 23.1 Å². The molecule has 0 atom stereocenters. The summed E-state index contributed by atoms with van der Waals surface area (Å²) in [6.07, 6.45) is 3.56. The molecule has 1 N–H and O–H groups in total. The Kier molecular flexibility index (Phi) is 5.81. The third kappa shape index (κ3) is 4.01. The number of aryl methyl sites for hydroxylation is 1. The van der Waals surface area contributed by atoms with Crippen LogP contribution in [0.4, 0.5) is 5.00 Å². The molecular formula is C17H17Cl2NO4S2. The monoisotopic (exact) mass is 433 g/mol. The number of hydrogen-bond donors (Lipinski definition) is 1. The van der Waals surface area contributed by atoms with Crippen molar-refractivity contribution in [3.05, 3.63) is 44.2 Å². The van der Waals surface area contributed by atoms with E-state index >= 15 is 0 Å². The molecule has 0 saturated carbocycles. The van der Waals surface area contributed by atoms with Gasteiger partial charge >= 0.3 is 5.97 Å². The summed E-state index contributed by atoms with van der Waals surface area (Å²) in [4.78, 5) is 13.4. The van der Waals surface area contributed by atoms with E-state index in [4.69, 9.17) is 27.9 Å². The third-order valence-electron chi connectivity index (χ3n) is 4.02. The predicted molar refractivity (Wildman–Crippen MR) is 104 cm³/mol. The van der Waals surface area contributed by atoms with Gasteiger partial charge in [-0.15, -0.1) is 11.3 Å². The van der Waals surface area contributed by atoms with Gasteiger partial charge < -0.3 is 4.74 Å². The lowest BCUT2D eigenvalue weighted by molar-refractivity contribution is 0.0526. The smallest absolute Gasteiger partial charge is 0.341 e. The van der Waals surface area contributed by atoms with Gasteiger partial charge in [0.1, 0.15) is 5.00 Å². The van der Waals surface area contributed by atoms with Crippen molar-refractivity contribution >= 4 is 55.5 Å². The fraction of sp³-hybridized carbons (Fsp3) is 0.353. The largest absolute Gasteiger partial charge is 0.462 e. The number of fused-ring (bicyclic) bond motifs is 1. The van der Waals surface area contributed by atoms with Crippen LogP contribution < -0.4 is 4.72 Å². The fourth-order valence-corrected chi connectivity index (χ4v) is 6.23. The zero-order valence-electron chi connectivity index (χ0n) is 14.0. The van der Waals surface area contributed by atoms with E-state index in [9.17, 15) is 13.2 Å². The second kappa shape index (κ2) is 7.76. The average molecular weight is 434 g/mol. The minimum Gasteiger partial charge on any atom is -0.462 e. The van der Waals surface area contributed by atoms with E-state index in [0.29, 0.717) is 5.56 Å². The van der Waals surface area contributed by atoms with Gasteiger partial charge in [-0.1, -0.05) is 23.2 Å². The number of rotatable bonds is 5. The topological polar surface area (TPSA) is 72.5 Å². The van der Waals surface area contributed by atoms with Crippen molar-refractivity contribution in [3.63, 3.8) is 0 Å². The second-order valence-corrected chi connectivity index (χ2v) is 9.51. The Hall–Kier alpha value is -1.28. The van der Waals surface area contributed by atoms with Gasteiger partial charge in [0.05, 0.1) is 17.1 Å². The van der Waals surface area contributed by atoms with Gasteiger partial charge in [-0.25, -0.2) is 13.2 Å². The maximum absolute atomic E-state index is 12.8. The highest BCUT2D eigenvalue weighted by atomic mass is 35.5. The van der Waals surface area contributed by atoms with E-state index in [1.54, 1.807) is 6.92 Å². The van der Waals surface area contributed by atoms with Crippen molar-refractivity contribution in [1.82, 2.24) is 0 Å². The van der Waals surface area contributed by atoms with Crippen LogP contribution in [-0.4, -0.2) is 21.0 Å². The maximum Gasteiger partial charge on any atom is 0.341 e. The Morgan fingerprint density at radius 1 is 1.19 bits per heavy atom. The molecular weight excluding hydrogens is 417 g/mol. The van der Waals surface area contributed by atoms with Crippen LogP contribution >= 0.6 is 34.5 Å². The number of benzene rings is 1. The molecule has 140 valence electrons. The number of hydrogen-bond acceptors (Lipinski definition) is 5. The van der Waals surface area contributed by atoms with Crippen LogP contribution in [0.3, 0.4) is 0 Å². The van der Waals surface area contributed by atoms with E-state index in [1.165, 1.54) is 29.5 Å². The van der Waals surface area contributed by atoms with Crippen molar-refractivity contribution in [1.29, 1.82) is 0 Å². The van der Waals surface area contributed by atoms with E-state index in [0.717, 1.165) is 36.1 Å². The first-order valence-electron chi connectivity index (χ1n) is 8.12. The number of sulfonamides is 1. The first kappa shape index (κ1) is 19.5. The SMILES string of the molecule is CCOC(=O)c1c(NS(=O)(=O)c2cc(Cl)cc(Cl)c2)sc2c1CCCC2. The van der Waals surface area contributed by atoms with Crippen LogP contribution in [0.2, 0.25) is 10.0 Å². The Morgan fingerprint density at radius 2 is 1.85 bits per heavy atom. The van der Waals surface area contributed by atoms with Gasteiger partial charge in [-0.05, 0) is 56.4 Å². The number of anilines is 1. The van der Waals surface area contributed by atoms with Crippen molar-refractivity contribution in [3.8, 4) is 0 Å². The highest BCUT2D eigenvalue weighted by Gasteiger charge is 2.29. The first-order valence-corrected chi connectivity index (χ1v) is 11.2. The van der Waals surface area contributed by atoms with Gasteiger partial charge in [0.25, 0.3) is 10.0 Å². The van der Waals surface area contributed by atoms with Gasteiger partial charge in [-0.3, -0.25) is 4.72 Å². The molecule has 3 rings (SSSR count). The molecule has 5 nitrogen and oxygen atoms in total. The summed E-state index contributed by atoms with van der Waals surface area (Å²) in [7, 11) is -3.95. The first-order chi connectivity index (χ1) is 12.3. The molecule has 1 aromatic carbocycles. The van der Waals surface area contributed by atoms with Crippen LogP contribution in [0, 0.1) is 0 Å². The summed E-state index contributed by atoms with van der Waals surface area (Å²) in [5.41, 5.74) is 1.21. The van der Waals surface area contributed by atoms with Crippen LogP contribution in [0.5, 0.6) is 0 Å². The zero-order valence-corrected chi connectivity index (χ0v) is 17.1. The minimum atomic E-state index is -3.95. The molecule has 1 heterocycles. The van der Waals surface area contributed by atoms with Gasteiger partial charge in [0.2, 0.25) is 0 Å². The highest BCUT2D eigenvalue weighted by molar-refractivity contribution is 7.93. The molecule has 0 fully saturated rings. The lowest BCUT2D eigenvalue weighted by Gasteiger charge is -2.12. The molecule has 0 radical (unpaired) electrons. The maximum atomic E-state index is 12.8. The summed E-state index contributed by atoms with van der Waals surface area (Å²) in [5, 5.41) is 0.717. The number of carbonyl (C=O) groups excluding carboxylic acids is 1. The van der Waals surface area contributed by atoms with Crippen molar-refractivity contribution in [2.45, 2.75) is 37.5 Å². The van der Waals surface area contributed by atoms with Crippen molar-refractivity contribution in [2.24, 2.45) is 0 Å². The average Bonchev–Trinajstić information content (AvgIpc) is 2.91. The molecule has 0 spiro atoms. The van der Waals surface area contributed by atoms with Crippen LogP contribution in [0.1, 0.15) is 40.6 Å². The molecule has 1 aromatic heterocycles. The zero-order chi connectivity index (χ0) is 18.9. The van der Waals surface area contributed by atoms with E-state index in [-0.39, 0.29) is 26.5 Å². The third-order valence-corrected chi connectivity index (χ3v) is 7.13. The molecule has 0 unspecified atom stereocenters.